The number of rotatable bonds is 3. The molecule has 4 nitrogen and oxygen atoms in total. The molecule has 2 aromatic carbocycles. The molecule has 5 heteroatoms. The summed E-state index contributed by atoms with van der Waals surface area (Å²) in [4.78, 5) is 10.5. The summed E-state index contributed by atoms with van der Waals surface area (Å²) in [7, 11) is 0. The second kappa shape index (κ2) is 5.13. The van der Waals surface area contributed by atoms with Crippen LogP contribution in [0.15, 0.2) is 48.5 Å². The summed E-state index contributed by atoms with van der Waals surface area (Å²) in [6.45, 7) is 0. The van der Waals surface area contributed by atoms with Crippen LogP contribution in [0.5, 0.6) is 0 Å². The van der Waals surface area contributed by atoms with Gasteiger partial charge in [-0.2, -0.15) is 0 Å². The molecule has 0 saturated carbocycles. The molecule has 0 aliphatic rings. The Balaban J connectivity index is 2.37. The van der Waals surface area contributed by atoms with Crippen molar-refractivity contribution >= 4 is 39.7 Å². The van der Waals surface area contributed by atoms with Gasteiger partial charge in [0, 0.05) is 9.64 Å². The van der Waals surface area contributed by atoms with Gasteiger partial charge >= 0.3 is 0 Å². The summed E-state index contributed by atoms with van der Waals surface area (Å²) < 4.78 is 1.02. The van der Waals surface area contributed by atoms with Gasteiger partial charge in [-0.1, -0.05) is 24.3 Å². The van der Waals surface area contributed by atoms with Gasteiger partial charge < -0.3 is 5.32 Å². The second-order valence-corrected chi connectivity index (χ2v) is 4.54. The van der Waals surface area contributed by atoms with Gasteiger partial charge in [-0.05, 0) is 40.8 Å². The van der Waals surface area contributed by atoms with Crippen molar-refractivity contribution in [2.75, 3.05) is 5.32 Å². The molecule has 0 aliphatic heterocycles. The highest BCUT2D eigenvalue weighted by Gasteiger charge is 2.12. The van der Waals surface area contributed by atoms with Gasteiger partial charge in [0.25, 0.3) is 5.69 Å². The SMILES string of the molecule is O=[N+]([O-])c1ccccc1Nc1ccccc1I. The molecule has 1 N–H and O–H groups in total. The zero-order valence-electron chi connectivity index (χ0n) is 8.76. The Morgan fingerprint density at radius 2 is 1.59 bits per heavy atom. The number of benzene rings is 2. The summed E-state index contributed by atoms with van der Waals surface area (Å²) in [6, 6.07) is 14.2. The number of nitrogens with zero attached hydrogens (tertiary/aromatic N) is 1. The molecule has 0 radical (unpaired) electrons. The molecule has 0 bridgehead atoms. The van der Waals surface area contributed by atoms with E-state index in [2.05, 4.69) is 27.9 Å². The molecule has 0 unspecified atom stereocenters. The summed E-state index contributed by atoms with van der Waals surface area (Å²) in [6.07, 6.45) is 0. The minimum Gasteiger partial charge on any atom is -0.349 e. The average molecular weight is 340 g/mol. The Kier molecular flexibility index (Phi) is 3.58. The van der Waals surface area contributed by atoms with E-state index in [0.717, 1.165) is 9.26 Å². The van der Waals surface area contributed by atoms with Crippen molar-refractivity contribution in [1.82, 2.24) is 0 Å². The van der Waals surface area contributed by atoms with Crippen LogP contribution in [0, 0.1) is 13.7 Å². The number of hydrogen-bond donors (Lipinski definition) is 1. The smallest absolute Gasteiger partial charge is 0.292 e. The summed E-state index contributed by atoms with van der Waals surface area (Å²) in [5, 5.41) is 13.9. The molecule has 0 atom stereocenters. The van der Waals surface area contributed by atoms with Crippen LogP contribution in [0.3, 0.4) is 0 Å². The maximum absolute atomic E-state index is 10.9. The molecule has 17 heavy (non-hydrogen) atoms. The average Bonchev–Trinajstić information content (AvgIpc) is 2.32. The van der Waals surface area contributed by atoms with Crippen molar-refractivity contribution in [1.29, 1.82) is 0 Å². The third kappa shape index (κ3) is 2.73. The molecule has 0 heterocycles. The van der Waals surface area contributed by atoms with E-state index in [9.17, 15) is 10.1 Å². The van der Waals surface area contributed by atoms with E-state index in [-0.39, 0.29) is 5.69 Å². The van der Waals surface area contributed by atoms with Crippen molar-refractivity contribution in [3.8, 4) is 0 Å². The van der Waals surface area contributed by atoms with Crippen LogP contribution in [-0.2, 0) is 0 Å². The Hall–Kier alpha value is -1.63. The molecule has 0 saturated heterocycles. The van der Waals surface area contributed by atoms with Crippen molar-refractivity contribution < 1.29 is 4.92 Å². The molecular formula is C12H9IN2O2. The fraction of sp³-hybridized carbons (Fsp3) is 0. The maximum atomic E-state index is 10.9. The van der Waals surface area contributed by atoms with E-state index in [1.165, 1.54) is 6.07 Å². The van der Waals surface area contributed by atoms with Crippen LogP contribution in [0.4, 0.5) is 17.1 Å². The third-order valence-electron chi connectivity index (χ3n) is 2.24. The first-order valence-corrected chi connectivity index (χ1v) is 6.01. The zero-order chi connectivity index (χ0) is 12.3. The van der Waals surface area contributed by atoms with Crippen LogP contribution in [0.25, 0.3) is 0 Å². The van der Waals surface area contributed by atoms with Gasteiger partial charge in [0.05, 0.1) is 10.6 Å². The van der Waals surface area contributed by atoms with Gasteiger partial charge in [-0.3, -0.25) is 10.1 Å². The monoisotopic (exact) mass is 340 g/mol. The van der Waals surface area contributed by atoms with E-state index in [4.69, 9.17) is 0 Å². The van der Waals surface area contributed by atoms with Crippen molar-refractivity contribution in [2.24, 2.45) is 0 Å². The van der Waals surface area contributed by atoms with E-state index in [0.29, 0.717) is 5.69 Å². The Labute approximate surface area is 112 Å². The first-order valence-electron chi connectivity index (χ1n) is 4.93. The molecule has 0 aliphatic carbocycles. The molecule has 86 valence electrons. The van der Waals surface area contributed by atoms with Gasteiger partial charge in [0.15, 0.2) is 0 Å². The lowest BCUT2D eigenvalue weighted by atomic mass is 10.2. The first kappa shape index (κ1) is 11.8. The highest BCUT2D eigenvalue weighted by atomic mass is 127. The van der Waals surface area contributed by atoms with Gasteiger partial charge in [-0.25, -0.2) is 0 Å². The van der Waals surface area contributed by atoms with Crippen LogP contribution in [0.1, 0.15) is 0 Å². The lowest BCUT2D eigenvalue weighted by molar-refractivity contribution is -0.383. The lowest BCUT2D eigenvalue weighted by Crippen LogP contribution is -1.97. The third-order valence-corrected chi connectivity index (χ3v) is 3.18. The summed E-state index contributed by atoms with van der Waals surface area (Å²) in [5.41, 5.74) is 1.44. The predicted octanol–water partition coefficient (Wildman–Crippen LogP) is 3.94. The molecule has 2 rings (SSSR count). The Bertz CT molecular complexity index is 558. The fourth-order valence-corrected chi connectivity index (χ4v) is 1.97. The van der Waals surface area contributed by atoms with Crippen molar-refractivity contribution in [3.63, 3.8) is 0 Å². The molecule has 0 spiro atoms. The van der Waals surface area contributed by atoms with Crippen LogP contribution >= 0.6 is 22.6 Å². The standard InChI is InChI=1S/C12H9IN2O2/c13-9-5-1-2-6-10(9)14-11-7-3-4-8-12(11)15(16)17/h1-8,14H. The minimum absolute atomic E-state index is 0.0761. The number of halogens is 1. The topological polar surface area (TPSA) is 55.2 Å². The molecule has 0 amide bonds. The lowest BCUT2D eigenvalue weighted by Gasteiger charge is -2.08. The Morgan fingerprint density at radius 1 is 1.00 bits per heavy atom. The number of nitro groups is 1. The summed E-state index contributed by atoms with van der Waals surface area (Å²) in [5.74, 6) is 0. The number of anilines is 2. The largest absolute Gasteiger partial charge is 0.349 e. The van der Waals surface area contributed by atoms with E-state index < -0.39 is 4.92 Å². The summed E-state index contributed by atoms with van der Waals surface area (Å²) >= 11 is 2.18. The minimum atomic E-state index is -0.391. The molecule has 2 aromatic rings. The number of nitrogens with one attached hydrogen (secondary N) is 1. The van der Waals surface area contributed by atoms with Gasteiger partial charge in [-0.15, -0.1) is 0 Å². The quantitative estimate of drug-likeness (QED) is 0.523. The predicted molar refractivity (Wildman–Crippen MR) is 75.5 cm³/mol. The number of hydrogen-bond acceptors (Lipinski definition) is 3. The normalized spacial score (nSPS) is 9.94. The van der Waals surface area contributed by atoms with E-state index in [1.807, 2.05) is 24.3 Å². The number of para-hydroxylation sites is 3. The second-order valence-electron chi connectivity index (χ2n) is 3.38. The van der Waals surface area contributed by atoms with Crippen molar-refractivity contribution in [3.05, 3.63) is 62.2 Å². The zero-order valence-corrected chi connectivity index (χ0v) is 10.9. The molecule has 0 fully saturated rings. The van der Waals surface area contributed by atoms with E-state index >= 15 is 0 Å². The van der Waals surface area contributed by atoms with Gasteiger partial charge in [0.2, 0.25) is 0 Å². The first-order chi connectivity index (χ1) is 8.18. The highest BCUT2D eigenvalue weighted by Crippen LogP contribution is 2.28. The van der Waals surface area contributed by atoms with Crippen LogP contribution in [0.2, 0.25) is 0 Å². The van der Waals surface area contributed by atoms with Crippen molar-refractivity contribution in [2.45, 2.75) is 0 Å². The number of nitro benzene ring substituents is 1. The maximum Gasteiger partial charge on any atom is 0.292 e. The van der Waals surface area contributed by atoms with Crippen LogP contribution in [-0.4, -0.2) is 4.92 Å². The molecular weight excluding hydrogens is 331 g/mol. The molecule has 0 aromatic heterocycles. The van der Waals surface area contributed by atoms with Gasteiger partial charge in [0.1, 0.15) is 5.69 Å². The fourth-order valence-electron chi connectivity index (χ4n) is 1.45. The Morgan fingerprint density at radius 3 is 2.24 bits per heavy atom. The van der Waals surface area contributed by atoms with Crippen LogP contribution < -0.4 is 5.32 Å². The highest BCUT2D eigenvalue weighted by molar-refractivity contribution is 14.1. The van der Waals surface area contributed by atoms with E-state index in [1.54, 1.807) is 18.2 Å².